The highest BCUT2D eigenvalue weighted by atomic mass is 35.5. The molecule has 0 aliphatic carbocycles. The molecule has 0 saturated heterocycles. The van der Waals surface area contributed by atoms with E-state index in [0.29, 0.717) is 22.4 Å². The summed E-state index contributed by atoms with van der Waals surface area (Å²) in [4.78, 5) is 26.7. The highest BCUT2D eigenvalue weighted by Gasteiger charge is 2.18. The lowest BCUT2D eigenvalue weighted by molar-refractivity contribution is -0.384. The summed E-state index contributed by atoms with van der Waals surface area (Å²) >= 11 is 5.82. The third-order valence-corrected chi connectivity index (χ3v) is 4.09. The van der Waals surface area contributed by atoms with E-state index in [0.717, 1.165) is 0 Å². The van der Waals surface area contributed by atoms with Crippen molar-refractivity contribution in [3.8, 4) is 17.2 Å². The Hall–Kier alpha value is -3.39. The first-order valence-corrected chi connectivity index (χ1v) is 7.99. The molecule has 0 unspecified atom stereocenters. The third kappa shape index (κ3) is 3.61. The number of halogens is 1. The highest BCUT2D eigenvalue weighted by molar-refractivity contribution is 6.32. The van der Waals surface area contributed by atoms with Crippen LogP contribution in [0.25, 0.3) is 10.9 Å². The van der Waals surface area contributed by atoms with Crippen molar-refractivity contribution >= 4 is 34.2 Å². The lowest BCUT2D eigenvalue weighted by Crippen LogP contribution is -2.04. The molecule has 0 spiro atoms. The number of carbonyl (C=O) groups is 1. The largest absolute Gasteiger partial charge is 0.496 e. The van der Waals surface area contributed by atoms with Crippen molar-refractivity contribution in [1.29, 1.82) is 0 Å². The van der Waals surface area contributed by atoms with Gasteiger partial charge in [-0.25, -0.2) is 4.79 Å². The maximum Gasteiger partial charge on any atom is 0.341 e. The quantitative estimate of drug-likeness (QED) is 0.363. The Kier molecular flexibility index (Phi) is 5.09. The molecule has 3 rings (SSSR count). The summed E-state index contributed by atoms with van der Waals surface area (Å²) in [7, 11) is 2.69. The zero-order valence-corrected chi connectivity index (χ0v) is 15.0. The predicted octanol–water partition coefficient (Wildman–Crippen LogP) is 4.38. The predicted molar refractivity (Wildman–Crippen MR) is 97.8 cm³/mol. The summed E-state index contributed by atoms with van der Waals surface area (Å²) in [6.45, 7) is 0. The number of pyridine rings is 1. The van der Waals surface area contributed by atoms with E-state index in [4.69, 9.17) is 25.8 Å². The van der Waals surface area contributed by atoms with Gasteiger partial charge in [0.2, 0.25) is 0 Å². The number of carbonyl (C=O) groups excluding carboxylic acids is 1. The third-order valence-electron chi connectivity index (χ3n) is 3.77. The van der Waals surface area contributed by atoms with Gasteiger partial charge in [-0.3, -0.25) is 15.1 Å². The van der Waals surface area contributed by atoms with Gasteiger partial charge in [-0.2, -0.15) is 0 Å². The minimum Gasteiger partial charge on any atom is -0.496 e. The fraction of sp³-hybridized carbons (Fsp3) is 0.111. The summed E-state index contributed by atoms with van der Waals surface area (Å²) in [5.41, 5.74) is 0.442. The van der Waals surface area contributed by atoms with Crippen LogP contribution in [0, 0.1) is 10.1 Å². The number of nitrogens with zero attached hydrogens (tertiary/aromatic N) is 2. The van der Waals surface area contributed by atoms with Gasteiger partial charge in [-0.1, -0.05) is 11.6 Å². The molecule has 8 nitrogen and oxygen atoms in total. The van der Waals surface area contributed by atoms with Crippen LogP contribution in [0.15, 0.2) is 42.6 Å². The Labute approximate surface area is 158 Å². The molecule has 138 valence electrons. The van der Waals surface area contributed by atoms with Crippen LogP contribution in [0.4, 0.5) is 5.69 Å². The van der Waals surface area contributed by atoms with E-state index in [-0.39, 0.29) is 22.0 Å². The molecule has 1 aromatic heterocycles. The minimum atomic E-state index is -0.597. The van der Waals surface area contributed by atoms with Crippen molar-refractivity contribution < 1.29 is 23.9 Å². The van der Waals surface area contributed by atoms with Gasteiger partial charge >= 0.3 is 5.97 Å². The molecule has 3 aromatic rings. The summed E-state index contributed by atoms with van der Waals surface area (Å²) in [6, 6.07) is 8.80. The fourth-order valence-electron chi connectivity index (χ4n) is 2.50. The van der Waals surface area contributed by atoms with E-state index < -0.39 is 10.9 Å². The number of esters is 1. The smallest absolute Gasteiger partial charge is 0.341 e. The molecule has 0 aliphatic rings. The fourth-order valence-corrected chi connectivity index (χ4v) is 2.69. The number of nitro groups is 1. The standard InChI is InChI=1S/C18H13ClN2O6/c1-25-17-9-14-11(8-12(17)18(22)26-2)16(5-6-20-14)27-10-3-4-13(19)15(7-10)21(23)24/h3-9H,1-2H3. The molecular formula is C18H13ClN2O6. The molecule has 1 heterocycles. The normalized spacial score (nSPS) is 10.5. The average molecular weight is 389 g/mol. The summed E-state index contributed by atoms with van der Waals surface area (Å²) in [6.07, 6.45) is 1.51. The van der Waals surface area contributed by atoms with Crippen molar-refractivity contribution in [3.05, 3.63) is 63.3 Å². The molecule has 2 aromatic carbocycles. The molecule has 27 heavy (non-hydrogen) atoms. The zero-order chi connectivity index (χ0) is 19.6. The Morgan fingerprint density at radius 1 is 1.15 bits per heavy atom. The second-order valence-electron chi connectivity index (χ2n) is 5.34. The number of hydrogen-bond donors (Lipinski definition) is 0. The van der Waals surface area contributed by atoms with Crippen LogP contribution < -0.4 is 9.47 Å². The molecule has 0 atom stereocenters. The number of rotatable bonds is 5. The van der Waals surface area contributed by atoms with Crippen molar-refractivity contribution in [2.75, 3.05) is 14.2 Å². The van der Waals surface area contributed by atoms with Crippen LogP contribution >= 0.6 is 11.6 Å². The van der Waals surface area contributed by atoms with Gasteiger partial charge in [-0.15, -0.1) is 0 Å². The first-order chi connectivity index (χ1) is 12.9. The van der Waals surface area contributed by atoms with Crippen LogP contribution in [0.3, 0.4) is 0 Å². The molecule has 0 fully saturated rings. The van der Waals surface area contributed by atoms with Crippen molar-refractivity contribution in [2.24, 2.45) is 0 Å². The van der Waals surface area contributed by atoms with Gasteiger partial charge in [0.15, 0.2) is 0 Å². The molecular weight excluding hydrogens is 376 g/mol. The second-order valence-corrected chi connectivity index (χ2v) is 5.75. The van der Waals surface area contributed by atoms with E-state index in [9.17, 15) is 14.9 Å². The van der Waals surface area contributed by atoms with Crippen LogP contribution in [-0.2, 0) is 4.74 Å². The lowest BCUT2D eigenvalue weighted by atomic mass is 10.1. The molecule has 9 heteroatoms. The Balaban J connectivity index is 2.11. The Morgan fingerprint density at radius 2 is 1.93 bits per heavy atom. The van der Waals surface area contributed by atoms with Gasteiger partial charge in [0.05, 0.1) is 30.7 Å². The van der Waals surface area contributed by atoms with Crippen molar-refractivity contribution in [1.82, 2.24) is 4.98 Å². The van der Waals surface area contributed by atoms with Gasteiger partial charge in [0.1, 0.15) is 27.8 Å². The van der Waals surface area contributed by atoms with E-state index >= 15 is 0 Å². The maximum atomic E-state index is 12.0. The topological polar surface area (TPSA) is 101 Å². The van der Waals surface area contributed by atoms with Gasteiger partial charge in [0, 0.05) is 17.6 Å². The summed E-state index contributed by atoms with van der Waals surface area (Å²) < 4.78 is 15.8. The SMILES string of the molecule is COC(=O)c1cc2c(Oc3ccc(Cl)c([N+](=O)[O-])c3)ccnc2cc1OC. The van der Waals surface area contributed by atoms with E-state index in [1.807, 2.05) is 0 Å². The lowest BCUT2D eigenvalue weighted by Gasteiger charge is -2.12. The van der Waals surface area contributed by atoms with Crippen molar-refractivity contribution in [3.63, 3.8) is 0 Å². The molecule has 0 radical (unpaired) electrons. The number of hydrogen-bond acceptors (Lipinski definition) is 7. The first-order valence-electron chi connectivity index (χ1n) is 7.61. The van der Waals surface area contributed by atoms with Gasteiger partial charge < -0.3 is 14.2 Å². The van der Waals surface area contributed by atoms with Crippen LogP contribution in [-0.4, -0.2) is 30.1 Å². The molecule has 0 bridgehead atoms. The monoisotopic (exact) mass is 388 g/mol. The number of ether oxygens (including phenoxy) is 3. The highest BCUT2D eigenvalue weighted by Crippen LogP contribution is 2.35. The van der Waals surface area contributed by atoms with E-state index in [1.54, 1.807) is 12.1 Å². The summed E-state index contributed by atoms with van der Waals surface area (Å²) in [5, 5.41) is 11.6. The number of aromatic nitrogens is 1. The zero-order valence-electron chi connectivity index (χ0n) is 14.3. The summed E-state index contributed by atoms with van der Waals surface area (Å²) in [5.74, 6) is 0.297. The average Bonchev–Trinajstić information content (AvgIpc) is 2.67. The first kappa shape index (κ1) is 18.4. The number of nitro benzene ring substituents is 1. The Bertz CT molecular complexity index is 1050. The molecule has 0 aliphatic heterocycles. The van der Waals surface area contributed by atoms with Crippen LogP contribution in [0.2, 0.25) is 5.02 Å². The Morgan fingerprint density at radius 3 is 2.59 bits per heavy atom. The maximum absolute atomic E-state index is 12.0. The van der Waals surface area contributed by atoms with Crippen LogP contribution in [0.1, 0.15) is 10.4 Å². The van der Waals surface area contributed by atoms with E-state index in [1.165, 1.54) is 44.7 Å². The molecule has 0 amide bonds. The number of benzene rings is 2. The van der Waals surface area contributed by atoms with Gasteiger partial charge in [-0.05, 0) is 24.3 Å². The molecule has 0 saturated carbocycles. The minimum absolute atomic E-state index is 0.00431. The molecule has 0 N–H and O–H groups in total. The number of methoxy groups -OCH3 is 2. The van der Waals surface area contributed by atoms with Crippen LogP contribution in [0.5, 0.6) is 17.2 Å². The van der Waals surface area contributed by atoms with E-state index in [2.05, 4.69) is 4.98 Å². The van der Waals surface area contributed by atoms with Gasteiger partial charge in [0.25, 0.3) is 5.69 Å². The second kappa shape index (κ2) is 7.46. The van der Waals surface area contributed by atoms with Crippen molar-refractivity contribution in [2.45, 2.75) is 0 Å². The number of fused-ring (bicyclic) bond motifs is 1.